The predicted octanol–water partition coefficient (Wildman–Crippen LogP) is 2.13. The average Bonchev–Trinajstić information content (AvgIpc) is 2.64. The van der Waals surface area contributed by atoms with Crippen LogP contribution in [0, 0.1) is 6.92 Å². The Hall–Kier alpha value is -3.37. The molecule has 0 bridgehead atoms. The number of halogens is 3. The number of carbonyl (C=O) groups excluding carboxylic acids is 2. The van der Waals surface area contributed by atoms with Crippen molar-refractivity contribution in [1.29, 1.82) is 0 Å². The topological polar surface area (TPSA) is 90.5 Å². The van der Waals surface area contributed by atoms with Crippen molar-refractivity contribution in [2.45, 2.75) is 19.1 Å². The number of likely N-dealkylation sites (N-methyl/N-ethyl adjacent to an activating group) is 1. The first-order valence-electron chi connectivity index (χ1n) is 9.24. The minimum Gasteiger partial charge on any atom is -0.348 e. The van der Waals surface area contributed by atoms with Gasteiger partial charge in [-0.25, -0.2) is 4.98 Å². The fourth-order valence-corrected chi connectivity index (χ4v) is 3.44. The highest BCUT2D eigenvalue weighted by Gasteiger charge is 2.35. The van der Waals surface area contributed by atoms with Gasteiger partial charge in [0.05, 0.1) is 23.8 Å². The van der Waals surface area contributed by atoms with Crippen LogP contribution in [0.2, 0.25) is 0 Å². The van der Waals surface area contributed by atoms with Crippen LogP contribution in [-0.2, 0) is 11.0 Å². The first-order chi connectivity index (χ1) is 14.1. The summed E-state index contributed by atoms with van der Waals surface area (Å²) in [7, 11) is 1.76. The zero-order valence-corrected chi connectivity index (χ0v) is 16.2. The molecule has 3 heterocycles. The molecule has 0 saturated carbocycles. The van der Waals surface area contributed by atoms with Crippen LogP contribution in [-0.4, -0.2) is 59.4 Å². The molecule has 0 atom stereocenters. The maximum Gasteiger partial charge on any atom is 0.416 e. The molecule has 4 rings (SSSR count). The fraction of sp³-hybridized carbons (Fsp3) is 0.368. The lowest BCUT2D eigenvalue weighted by molar-refractivity contribution is -0.137. The molecule has 2 aliphatic heterocycles. The predicted molar refractivity (Wildman–Crippen MR) is 103 cm³/mol. The monoisotopic (exact) mass is 420 g/mol. The summed E-state index contributed by atoms with van der Waals surface area (Å²) in [5, 5.41) is 5.89. The lowest BCUT2D eigenvalue weighted by atomic mass is 10.0. The lowest BCUT2D eigenvalue weighted by Crippen LogP contribution is -2.57. The Morgan fingerprint density at radius 1 is 1.27 bits per heavy atom. The summed E-state index contributed by atoms with van der Waals surface area (Å²) in [6.45, 7) is 2.59. The van der Waals surface area contributed by atoms with E-state index in [2.05, 4.69) is 20.6 Å². The molecule has 1 aromatic heterocycles. The molecule has 1 aromatic carbocycles. The molecule has 11 heteroatoms. The lowest BCUT2D eigenvalue weighted by Gasteiger charge is -2.40. The van der Waals surface area contributed by atoms with Gasteiger partial charge in [-0.15, -0.1) is 0 Å². The first-order valence-corrected chi connectivity index (χ1v) is 9.24. The maximum absolute atomic E-state index is 12.9. The van der Waals surface area contributed by atoms with Crippen LogP contribution in [0.25, 0.3) is 0 Å². The summed E-state index contributed by atoms with van der Waals surface area (Å²) < 4.78 is 38.6. The minimum atomic E-state index is -4.50. The number of aromatic nitrogens is 2. The summed E-state index contributed by atoms with van der Waals surface area (Å²) in [4.78, 5) is 36.1. The van der Waals surface area contributed by atoms with Crippen LogP contribution in [0.15, 0.2) is 24.3 Å². The van der Waals surface area contributed by atoms with Crippen molar-refractivity contribution in [3.8, 4) is 0 Å². The second-order valence-corrected chi connectivity index (χ2v) is 7.37. The number of nitrogens with one attached hydrogen (secondary N) is 2. The highest BCUT2D eigenvalue weighted by Crippen LogP contribution is 2.31. The van der Waals surface area contributed by atoms with Gasteiger partial charge in [-0.1, -0.05) is 6.07 Å². The molecule has 0 aliphatic carbocycles. The summed E-state index contributed by atoms with van der Waals surface area (Å²) in [5.74, 6) is 0.371. The number of benzene rings is 1. The summed E-state index contributed by atoms with van der Waals surface area (Å²) >= 11 is 0. The molecular formula is C19H19F3N6O2. The van der Waals surface area contributed by atoms with Crippen molar-refractivity contribution in [1.82, 2.24) is 14.9 Å². The van der Waals surface area contributed by atoms with Gasteiger partial charge in [-0.2, -0.15) is 18.2 Å². The second-order valence-electron chi connectivity index (χ2n) is 7.37. The third-order valence-corrected chi connectivity index (χ3v) is 5.02. The summed E-state index contributed by atoms with van der Waals surface area (Å²) in [6.07, 6.45) is -4.50. The number of nitrogens with zero attached hydrogens (tertiary/aromatic N) is 4. The van der Waals surface area contributed by atoms with Crippen LogP contribution in [0.3, 0.4) is 0 Å². The van der Waals surface area contributed by atoms with Gasteiger partial charge in [0.15, 0.2) is 5.82 Å². The van der Waals surface area contributed by atoms with Crippen LogP contribution in [0.1, 0.15) is 21.6 Å². The van der Waals surface area contributed by atoms with Crippen molar-refractivity contribution < 1.29 is 22.8 Å². The quantitative estimate of drug-likeness (QED) is 0.791. The van der Waals surface area contributed by atoms with Gasteiger partial charge in [0.2, 0.25) is 11.9 Å². The number of hydrogen-bond donors (Lipinski definition) is 2. The third kappa shape index (κ3) is 3.74. The van der Waals surface area contributed by atoms with Gasteiger partial charge < -0.3 is 20.4 Å². The highest BCUT2D eigenvalue weighted by atomic mass is 19.4. The van der Waals surface area contributed by atoms with Gasteiger partial charge in [-0.05, 0) is 25.1 Å². The van der Waals surface area contributed by atoms with E-state index in [1.54, 1.807) is 18.9 Å². The Labute approximate surface area is 170 Å². The number of aryl methyl sites for hydroxylation is 1. The number of carbonyl (C=O) groups is 2. The SMILES string of the molecule is Cc1nc(NC2CN(C(=O)c3cccc(C(F)(F)F)c3)C2)nc2c1NC(=O)CN2C. The number of amides is 2. The molecule has 0 spiro atoms. The second kappa shape index (κ2) is 7.15. The number of hydrogen-bond acceptors (Lipinski definition) is 6. The largest absolute Gasteiger partial charge is 0.416 e. The molecule has 0 unspecified atom stereocenters. The molecule has 8 nitrogen and oxygen atoms in total. The molecule has 1 fully saturated rings. The van der Waals surface area contributed by atoms with Crippen molar-refractivity contribution in [2.75, 3.05) is 42.2 Å². The summed E-state index contributed by atoms with van der Waals surface area (Å²) in [6, 6.07) is 4.28. The molecule has 2 aliphatic rings. The Morgan fingerprint density at radius 2 is 2.00 bits per heavy atom. The fourth-order valence-electron chi connectivity index (χ4n) is 3.44. The molecule has 2 N–H and O–H groups in total. The van der Waals surface area contributed by atoms with Gasteiger partial charge >= 0.3 is 6.18 Å². The average molecular weight is 420 g/mol. The van der Waals surface area contributed by atoms with Crippen molar-refractivity contribution in [3.63, 3.8) is 0 Å². The van der Waals surface area contributed by atoms with Crippen molar-refractivity contribution in [3.05, 3.63) is 41.1 Å². The van der Waals surface area contributed by atoms with Gasteiger partial charge in [0.25, 0.3) is 5.91 Å². The number of likely N-dealkylation sites (tertiary alicyclic amines) is 1. The van der Waals surface area contributed by atoms with Crippen LogP contribution >= 0.6 is 0 Å². The van der Waals surface area contributed by atoms with Crippen molar-refractivity contribution in [2.24, 2.45) is 0 Å². The normalized spacial score (nSPS) is 16.6. The van der Waals surface area contributed by atoms with E-state index in [1.165, 1.54) is 17.0 Å². The van der Waals surface area contributed by atoms with E-state index in [0.29, 0.717) is 36.2 Å². The van der Waals surface area contributed by atoms with Crippen LogP contribution in [0.4, 0.5) is 30.6 Å². The molecule has 158 valence electrons. The molecule has 30 heavy (non-hydrogen) atoms. The Kier molecular flexibility index (Phi) is 4.75. The van der Waals surface area contributed by atoms with E-state index in [0.717, 1.165) is 12.1 Å². The molecule has 2 aromatic rings. The Bertz CT molecular complexity index is 1020. The van der Waals surface area contributed by atoms with E-state index >= 15 is 0 Å². The maximum atomic E-state index is 12.9. The molecule has 0 radical (unpaired) electrons. The zero-order valence-electron chi connectivity index (χ0n) is 16.2. The Balaban J connectivity index is 1.41. The van der Waals surface area contributed by atoms with E-state index < -0.39 is 17.6 Å². The third-order valence-electron chi connectivity index (χ3n) is 5.02. The molecule has 1 saturated heterocycles. The van der Waals surface area contributed by atoms with Gasteiger partial charge in [0.1, 0.15) is 5.69 Å². The molecular weight excluding hydrogens is 401 g/mol. The number of anilines is 3. The van der Waals surface area contributed by atoms with E-state index in [1.807, 2.05) is 0 Å². The van der Waals surface area contributed by atoms with E-state index in [9.17, 15) is 22.8 Å². The zero-order chi connectivity index (χ0) is 21.6. The standard InChI is InChI=1S/C19H19F3N6O2/c1-10-15-16(27(2)9-14(29)25-15)26-18(23-10)24-13-7-28(8-13)17(30)11-4-3-5-12(6-11)19(20,21)22/h3-6,13H,7-9H2,1-2H3,(H,25,29)(H,23,24,26). The number of fused-ring (bicyclic) bond motifs is 1. The van der Waals surface area contributed by atoms with E-state index in [-0.39, 0.29) is 24.1 Å². The number of rotatable bonds is 3. The molecule has 2 amide bonds. The minimum absolute atomic E-state index is 0.00140. The Morgan fingerprint density at radius 3 is 2.70 bits per heavy atom. The first kappa shape index (κ1) is 19.9. The van der Waals surface area contributed by atoms with Crippen LogP contribution < -0.4 is 15.5 Å². The van der Waals surface area contributed by atoms with Crippen molar-refractivity contribution >= 4 is 29.3 Å². The van der Waals surface area contributed by atoms with Gasteiger partial charge in [-0.3, -0.25) is 9.59 Å². The number of alkyl halides is 3. The smallest absolute Gasteiger partial charge is 0.348 e. The van der Waals surface area contributed by atoms with E-state index in [4.69, 9.17) is 0 Å². The highest BCUT2D eigenvalue weighted by molar-refractivity contribution is 6.01. The van der Waals surface area contributed by atoms with Crippen LogP contribution in [0.5, 0.6) is 0 Å². The van der Waals surface area contributed by atoms with Gasteiger partial charge in [0, 0.05) is 25.7 Å². The summed E-state index contributed by atoms with van der Waals surface area (Å²) in [5.41, 5.74) is 0.326.